The minimum Gasteiger partial charge on any atom is -1.00 e. The van der Waals surface area contributed by atoms with E-state index in [4.69, 9.17) is 0 Å². The van der Waals surface area contributed by atoms with Crippen LogP contribution in [0.5, 0.6) is 0 Å². The molecular formula is C15H15IN2O2. The topological polar surface area (TPSA) is 47.0 Å². The summed E-state index contributed by atoms with van der Waals surface area (Å²) in [6.45, 7) is 3.02. The molecule has 0 radical (unpaired) electrons. The molecule has 2 aromatic rings. The van der Waals surface area contributed by atoms with Crippen LogP contribution in [0.1, 0.15) is 18.1 Å². The van der Waals surface area contributed by atoms with E-state index >= 15 is 0 Å². The molecule has 1 aromatic carbocycles. The molecule has 1 aromatic heterocycles. The molecule has 0 atom stereocenters. The lowest BCUT2D eigenvalue weighted by Crippen LogP contribution is -3.00. The molecule has 0 fully saturated rings. The van der Waals surface area contributed by atoms with Crippen molar-refractivity contribution in [2.45, 2.75) is 13.5 Å². The maximum Gasteiger partial charge on any atom is 0.270 e. The fraction of sp³-hybridized carbons (Fsp3) is 0.133. The molecule has 0 saturated carbocycles. The van der Waals surface area contributed by atoms with E-state index in [2.05, 4.69) is 11.5 Å². The average Bonchev–Trinajstić information content (AvgIpc) is 2.46. The third kappa shape index (κ3) is 4.41. The lowest BCUT2D eigenvalue weighted by atomic mass is 10.1. The second-order valence-corrected chi connectivity index (χ2v) is 4.15. The summed E-state index contributed by atoms with van der Waals surface area (Å²) in [5.74, 6) is 0. The van der Waals surface area contributed by atoms with Gasteiger partial charge in [0.25, 0.3) is 5.69 Å². The molecular weight excluding hydrogens is 367 g/mol. The van der Waals surface area contributed by atoms with Crippen molar-refractivity contribution in [3.05, 3.63) is 70.0 Å². The number of non-ortho nitro benzene ring substituents is 1. The summed E-state index contributed by atoms with van der Waals surface area (Å²) >= 11 is 0. The van der Waals surface area contributed by atoms with Crippen molar-refractivity contribution < 1.29 is 33.5 Å². The Bertz CT molecular complexity index is 610. The summed E-state index contributed by atoms with van der Waals surface area (Å²) in [7, 11) is 0. The average molecular weight is 382 g/mol. The van der Waals surface area contributed by atoms with Crippen LogP contribution in [-0.4, -0.2) is 4.92 Å². The molecule has 0 unspecified atom stereocenters. The highest BCUT2D eigenvalue weighted by atomic mass is 127. The van der Waals surface area contributed by atoms with E-state index in [0.29, 0.717) is 0 Å². The van der Waals surface area contributed by atoms with Crippen molar-refractivity contribution in [3.63, 3.8) is 0 Å². The largest absolute Gasteiger partial charge is 1.00 e. The van der Waals surface area contributed by atoms with Gasteiger partial charge in [0.05, 0.1) is 4.92 Å². The molecule has 0 aliphatic carbocycles. The highest BCUT2D eigenvalue weighted by Crippen LogP contribution is 2.15. The zero-order chi connectivity index (χ0) is 13.7. The number of nitrogens with zero attached hydrogens (tertiary/aromatic N) is 2. The van der Waals surface area contributed by atoms with Crippen molar-refractivity contribution in [2.75, 3.05) is 0 Å². The van der Waals surface area contributed by atoms with Gasteiger partial charge in [0.2, 0.25) is 0 Å². The molecule has 0 N–H and O–H groups in total. The van der Waals surface area contributed by atoms with E-state index in [1.165, 1.54) is 6.07 Å². The van der Waals surface area contributed by atoms with E-state index in [1.54, 1.807) is 12.1 Å². The molecule has 20 heavy (non-hydrogen) atoms. The quantitative estimate of drug-likeness (QED) is 0.326. The van der Waals surface area contributed by atoms with Crippen LogP contribution in [0, 0.1) is 10.1 Å². The number of halogens is 1. The number of nitro benzene ring substituents is 1. The number of benzene rings is 1. The Morgan fingerprint density at radius 1 is 1.15 bits per heavy atom. The van der Waals surface area contributed by atoms with Crippen LogP contribution >= 0.6 is 0 Å². The van der Waals surface area contributed by atoms with Crippen molar-refractivity contribution in [2.24, 2.45) is 0 Å². The molecule has 104 valence electrons. The second-order valence-electron chi connectivity index (χ2n) is 4.15. The maximum atomic E-state index is 10.7. The summed E-state index contributed by atoms with van der Waals surface area (Å²) in [6, 6.07) is 10.6. The Balaban J connectivity index is 0.00000200. The first-order valence-electron chi connectivity index (χ1n) is 6.10. The van der Waals surface area contributed by atoms with Gasteiger partial charge in [-0.3, -0.25) is 10.1 Å². The van der Waals surface area contributed by atoms with Gasteiger partial charge in [-0.1, -0.05) is 24.3 Å². The zero-order valence-corrected chi connectivity index (χ0v) is 13.2. The number of rotatable bonds is 4. The predicted octanol–water partition coefficient (Wildman–Crippen LogP) is 0.0766. The molecule has 4 nitrogen and oxygen atoms in total. The fourth-order valence-electron chi connectivity index (χ4n) is 1.73. The zero-order valence-electron chi connectivity index (χ0n) is 11.1. The van der Waals surface area contributed by atoms with E-state index in [9.17, 15) is 10.1 Å². The van der Waals surface area contributed by atoms with Crippen LogP contribution in [0.25, 0.3) is 12.2 Å². The molecule has 5 heteroatoms. The number of nitro groups is 1. The van der Waals surface area contributed by atoms with Gasteiger partial charge in [0, 0.05) is 24.3 Å². The normalized spacial score (nSPS) is 10.2. The summed E-state index contributed by atoms with van der Waals surface area (Å²) in [4.78, 5) is 10.3. The van der Waals surface area contributed by atoms with Gasteiger partial charge in [-0.2, -0.15) is 0 Å². The summed E-state index contributed by atoms with van der Waals surface area (Å²) in [6.07, 6.45) is 7.83. The van der Waals surface area contributed by atoms with Gasteiger partial charge in [-0.25, -0.2) is 4.57 Å². The molecule has 0 aliphatic rings. The molecule has 0 saturated heterocycles. The highest BCUT2D eigenvalue weighted by molar-refractivity contribution is 5.70. The third-order valence-electron chi connectivity index (χ3n) is 2.83. The molecule has 0 amide bonds. The minimum atomic E-state index is -0.385. The van der Waals surface area contributed by atoms with Gasteiger partial charge in [-0.05, 0) is 18.1 Å². The Morgan fingerprint density at radius 2 is 1.80 bits per heavy atom. The number of pyridine rings is 1. The van der Waals surface area contributed by atoms with Crippen LogP contribution in [-0.2, 0) is 6.54 Å². The van der Waals surface area contributed by atoms with Crippen LogP contribution in [0.4, 0.5) is 5.69 Å². The van der Waals surface area contributed by atoms with Gasteiger partial charge in [0.15, 0.2) is 12.4 Å². The van der Waals surface area contributed by atoms with Gasteiger partial charge in [0.1, 0.15) is 6.54 Å². The molecule has 2 rings (SSSR count). The predicted molar refractivity (Wildman–Crippen MR) is 74.3 cm³/mol. The van der Waals surface area contributed by atoms with Gasteiger partial charge >= 0.3 is 0 Å². The van der Waals surface area contributed by atoms with E-state index in [1.807, 2.05) is 42.7 Å². The number of hydrogen-bond acceptors (Lipinski definition) is 2. The third-order valence-corrected chi connectivity index (χ3v) is 2.83. The van der Waals surface area contributed by atoms with Gasteiger partial charge in [-0.15, -0.1) is 0 Å². The lowest BCUT2D eigenvalue weighted by Gasteiger charge is -1.95. The van der Waals surface area contributed by atoms with Crippen molar-refractivity contribution in [1.29, 1.82) is 0 Å². The Labute approximate surface area is 134 Å². The molecule has 0 spiro atoms. The highest BCUT2D eigenvalue weighted by Gasteiger charge is 2.03. The van der Waals surface area contributed by atoms with E-state index < -0.39 is 0 Å². The van der Waals surface area contributed by atoms with Crippen LogP contribution < -0.4 is 28.5 Å². The molecule has 1 heterocycles. The van der Waals surface area contributed by atoms with Gasteiger partial charge < -0.3 is 24.0 Å². The minimum absolute atomic E-state index is 0. The first kappa shape index (κ1) is 16.3. The van der Waals surface area contributed by atoms with Crippen molar-refractivity contribution in [1.82, 2.24) is 0 Å². The summed E-state index contributed by atoms with van der Waals surface area (Å²) in [5, 5.41) is 10.7. The summed E-state index contributed by atoms with van der Waals surface area (Å²) in [5.41, 5.74) is 2.00. The van der Waals surface area contributed by atoms with Crippen LogP contribution in [0.2, 0.25) is 0 Å². The fourth-order valence-corrected chi connectivity index (χ4v) is 1.73. The number of aromatic nitrogens is 1. The Morgan fingerprint density at radius 3 is 2.40 bits per heavy atom. The number of aryl methyl sites for hydroxylation is 1. The molecule has 0 bridgehead atoms. The standard InChI is InChI=1S/C15H15N2O2.HI/c1-2-16-10-8-13(9-11-16)6-7-14-4-3-5-15(12-14)17(18)19;/h3-12H,2H2,1H3;1H/q+1;/p-1. The number of hydrogen-bond donors (Lipinski definition) is 0. The van der Waals surface area contributed by atoms with E-state index in [0.717, 1.165) is 17.7 Å². The second kappa shape index (κ2) is 7.74. The Hall–Kier alpha value is -1.76. The smallest absolute Gasteiger partial charge is 0.270 e. The molecule has 0 aliphatic heterocycles. The lowest BCUT2D eigenvalue weighted by molar-refractivity contribution is -0.693. The van der Waals surface area contributed by atoms with Crippen LogP contribution in [0.15, 0.2) is 48.8 Å². The Kier molecular flexibility index (Phi) is 6.30. The van der Waals surface area contributed by atoms with Crippen molar-refractivity contribution in [3.8, 4) is 0 Å². The monoisotopic (exact) mass is 382 g/mol. The first-order chi connectivity index (χ1) is 9.19. The van der Waals surface area contributed by atoms with Crippen molar-refractivity contribution >= 4 is 17.8 Å². The summed E-state index contributed by atoms with van der Waals surface area (Å²) < 4.78 is 2.07. The SMILES string of the molecule is CC[n+]1ccc(C=Cc2cccc([N+](=O)[O-])c2)cc1.[I-]. The van der Waals surface area contributed by atoms with E-state index in [-0.39, 0.29) is 34.6 Å². The first-order valence-corrected chi connectivity index (χ1v) is 6.10. The maximum absolute atomic E-state index is 10.7. The van der Waals surface area contributed by atoms with Crippen LogP contribution in [0.3, 0.4) is 0 Å².